The summed E-state index contributed by atoms with van der Waals surface area (Å²) in [6, 6.07) is 29.2. The number of hydrogen-bond donors (Lipinski definition) is 5. The Labute approximate surface area is 231 Å². The monoisotopic (exact) mass is 536 g/mol. The van der Waals surface area contributed by atoms with Crippen LogP contribution in [0.15, 0.2) is 114 Å². The number of anilines is 1. The van der Waals surface area contributed by atoms with Gasteiger partial charge in [-0.15, -0.1) is 10.2 Å². The van der Waals surface area contributed by atoms with Crippen molar-refractivity contribution in [3.8, 4) is 11.3 Å². The molecule has 0 aliphatic rings. The molecule has 0 bridgehead atoms. The maximum Gasteiger partial charge on any atom is 0.334 e. The number of hydrazine groups is 1. The molecular weight excluding hydrogens is 508 g/mol. The van der Waals surface area contributed by atoms with E-state index in [0.717, 1.165) is 22.9 Å². The van der Waals surface area contributed by atoms with E-state index in [9.17, 15) is 9.59 Å². The van der Waals surface area contributed by atoms with Crippen molar-refractivity contribution in [1.29, 1.82) is 0 Å². The van der Waals surface area contributed by atoms with E-state index in [1.807, 2.05) is 60.7 Å². The summed E-state index contributed by atoms with van der Waals surface area (Å²) in [7, 11) is 0. The number of guanidine groups is 1. The van der Waals surface area contributed by atoms with Gasteiger partial charge in [-0.3, -0.25) is 15.6 Å². The van der Waals surface area contributed by atoms with E-state index in [1.165, 1.54) is 0 Å². The SMILES string of the molecule is NC(=CC(=O)OCCc1ccccc1NC(N)=Nc1ccc(-c2ccccc2)nn1)NNC(=O)c1ccccc1. The molecule has 11 heteroatoms. The number of esters is 1. The number of benzene rings is 3. The molecule has 0 aliphatic heterocycles. The van der Waals surface area contributed by atoms with Gasteiger partial charge in [0, 0.05) is 23.2 Å². The minimum absolute atomic E-state index is 0.0692. The zero-order chi connectivity index (χ0) is 28.2. The Balaban J connectivity index is 1.27. The smallest absolute Gasteiger partial charge is 0.334 e. The number of amides is 1. The van der Waals surface area contributed by atoms with Gasteiger partial charge in [-0.05, 0) is 35.9 Å². The van der Waals surface area contributed by atoms with Crippen LogP contribution in [-0.4, -0.2) is 34.6 Å². The molecule has 0 saturated heterocycles. The van der Waals surface area contributed by atoms with Gasteiger partial charge in [-0.1, -0.05) is 66.7 Å². The molecular formula is C29H28N8O3. The quantitative estimate of drug-likeness (QED) is 0.0672. The summed E-state index contributed by atoms with van der Waals surface area (Å²) in [5.41, 5.74) is 20.4. The molecule has 40 heavy (non-hydrogen) atoms. The maximum absolute atomic E-state index is 12.1. The van der Waals surface area contributed by atoms with Crippen molar-refractivity contribution in [3.05, 3.63) is 120 Å². The first kappa shape index (κ1) is 27.3. The number of rotatable bonds is 10. The van der Waals surface area contributed by atoms with Crippen LogP contribution in [0.1, 0.15) is 15.9 Å². The molecule has 0 radical (unpaired) electrons. The van der Waals surface area contributed by atoms with Crippen molar-refractivity contribution in [2.45, 2.75) is 6.42 Å². The number of ether oxygens (including phenoxy) is 1. The molecule has 0 spiro atoms. The Morgan fingerprint density at radius 3 is 2.25 bits per heavy atom. The number of hydrogen-bond acceptors (Lipinski definition) is 8. The Morgan fingerprint density at radius 2 is 1.52 bits per heavy atom. The van der Waals surface area contributed by atoms with Crippen molar-refractivity contribution >= 4 is 29.3 Å². The lowest BCUT2D eigenvalue weighted by atomic mass is 10.1. The fourth-order valence-corrected chi connectivity index (χ4v) is 3.55. The van der Waals surface area contributed by atoms with E-state index < -0.39 is 11.9 Å². The number of para-hydroxylation sites is 1. The standard InChI is InChI=1S/C29H28N8O3/c30-25(35-37-28(39)22-12-5-2-6-13-22)19-27(38)40-18-17-21-11-7-8-14-23(21)32-29(31)33-26-16-15-24(34-36-26)20-9-3-1-4-10-20/h1-16,19,35H,17-18,30H2,(H,37,39)(H3,31,32,33,36). The van der Waals surface area contributed by atoms with E-state index in [1.54, 1.807) is 36.4 Å². The third-order valence-corrected chi connectivity index (χ3v) is 5.48. The maximum atomic E-state index is 12.1. The molecule has 0 unspecified atom stereocenters. The first-order valence-corrected chi connectivity index (χ1v) is 12.3. The first-order chi connectivity index (χ1) is 19.5. The lowest BCUT2D eigenvalue weighted by Crippen LogP contribution is -2.39. The summed E-state index contributed by atoms with van der Waals surface area (Å²) < 4.78 is 5.26. The molecule has 0 saturated carbocycles. The lowest BCUT2D eigenvalue weighted by Gasteiger charge is -2.12. The number of nitrogens with one attached hydrogen (secondary N) is 3. The van der Waals surface area contributed by atoms with Crippen LogP contribution in [-0.2, 0) is 16.0 Å². The molecule has 1 amide bonds. The summed E-state index contributed by atoms with van der Waals surface area (Å²) in [6.45, 7) is 0.0845. The van der Waals surface area contributed by atoms with Crippen LogP contribution in [0.3, 0.4) is 0 Å². The molecule has 4 rings (SSSR count). The second-order valence-electron chi connectivity index (χ2n) is 8.38. The highest BCUT2D eigenvalue weighted by atomic mass is 16.5. The van der Waals surface area contributed by atoms with E-state index >= 15 is 0 Å². The van der Waals surface area contributed by atoms with Crippen LogP contribution in [0, 0.1) is 0 Å². The topological polar surface area (TPSA) is 170 Å². The van der Waals surface area contributed by atoms with Crippen molar-refractivity contribution < 1.29 is 14.3 Å². The van der Waals surface area contributed by atoms with E-state index in [-0.39, 0.29) is 18.4 Å². The lowest BCUT2D eigenvalue weighted by molar-refractivity contribution is -0.137. The number of aliphatic imine (C=N–C) groups is 1. The summed E-state index contributed by atoms with van der Waals surface area (Å²) in [6.07, 6.45) is 1.45. The first-order valence-electron chi connectivity index (χ1n) is 12.3. The Morgan fingerprint density at radius 1 is 0.825 bits per heavy atom. The second kappa shape index (κ2) is 13.7. The van der Waals surface area contributed by atoms with E-state index in [2.05, 4.69) is 31.4 Å². The zero-order valence-electron chi connectivity index (χ0n) is 21.5. The van der Waals surface area contributed by atoms with Crippen LogP contribution in [0.5, 0.6) is 0 Å². The molecule has 0 fully saturated rings. The van der Waals surface area contributed by atoms with Gasteiger partial charge in [0.15, 0.2) is 11.8 Å². The van der Waals surface area contributed by atoms with Crippen molar-refractivity contribution in [3.63, 3.8) is 0 Å². The van der Waals surface area contributed by atoms with Gasteiger partial charge in [0.2, 0.25) is 0 Å². The summed E-state index contributed by atoms with van der Waals surface area (Å²) in [4.78, 5) is 28.5. The third-order valence-electron chi connectivity index (χ3n) is 5.48. The van der Waals surface area contributed by atoms with Gasteiger partial charge in [0.1, 0.15) is 5.82 Å². The normalized spacial score (nSPS) is 11.4. The molecule has 1 heterocycles. The zero-order valence-corrected chi connectivity index (χ0v) is 21.5. The molecule has 4 aromatic rings. The summed E-state index contributed by atoms with van der Waals surface area (Å²) in [5, 5.41) is 11.4. The Bertz CT molecular complexity index is 1490. The predicted octanol–water partition coefficient (Wildman–Crippen LogP) is 3.02. The Kier molecular flexibility index (Phi) is 9.38. The van der Waals surface area contributed by atoms with Crippen LogP contribution in [0.4, 0.5) is 11.5 Å². The number of aromatic nitrogens is 2. The number of nitrogens with two attached hydrogens (primary N) is 2. The average Bonchev–Trinajstić information content (AvgIpc) is 2.98. The van der Waals surface area contributed by atoms with Crippen molar-refractivity contribution in [1.82, 2.24) is 21.0 Å². The molecule has 1 aromatic heterocycles. The number of nitrogens with zero attached hydrogens (tertiary/aromatic N) is 3. The molecule has 7 N–H and O–H groups in total. The highest BCUT2D eigenvalue weighted by Gasteiger charge is 2.08. The third kappa shape index (κ3) is 8.15. The van der Waals surface area contributed by atoms with Crippen molar-refractivity contribution in [2.24, 2.45) is 16.5 Å². The van der Waals surface area contributed by atoms with Gasteiger partial charge in [-0.2, -0.15) is 4.99 Å². The summed E-state index contributed by atoms with van der Waals surface area (Å²) >= 11 is 0. The van der Waals surface area contributed by atoms with Gasteiger partial charge in [0.05, 0.1) is 18.4 Å². The fourth-order valence-electron chi connectivity index (χ4n) is 3.55. The van der Waals surface area contributed by atoms with Gasteiger partial charge >= 0.3 is 5.97 Å². The van der Waals surface area contributed by atoms with Crippen LogP contribution >= 0.6 is 0 Å². The number of carbonyl (C=O) groups is 2. The van der Waals surface area contributed by atoms with Crippen LogP contribution in [0.2, 0.25) is 0 Å². The van der Waals surface area contributed by atoms with E-state index in [4.69, 9.17) is 16.2 Å². The largest absolute Gasteiger partial charge is 0.462 e. The average molecular weight is 537 g/mol. The van der Waals surface area contributed by atoms with Crippen LogP contribution < -0.4 is 27.6 Å². The Hall–Kier alpha value is -5.71. The second-order valence-corrected chi connectivity index (χ2v) is 8.38. The van der Waals surface area contributed by atoms with Crippen molar-refractivity contribution in [2.75, 3.05) is 11.9 Å². The fraction of sp³-hybridized carbons (Fsp3) is 0.0690. The molecule has 3 aromatic carbocycles. The van der Waals surface area contributed by atoms with E-state index in [0.29, 0.717) is 23.5 Å². The molecule has 11 nitrogen and oxygen atoms in total. The highest BCUT2D eigenvalue weighted by Crippen LogP contribution is 2.19. The number of carbonyl (C=O) groups excluding carboxylic acids is 2. The molecule has 202 valence electrons. The highest BCUT2D eigenvalue weighted by molar-refractivity contribution is 5.94. The van der Waals surface area contributed by atoms with Crippen LogP contribution in [0.25, 0.3) is 11.3 Å². The minimum atomic E-state index is -0.664. The van der Waals surface area contributed by atoms with Gasteiger partial charge in [0.25, 0.3) is 5.91 Å². The molecule has 0 atom stereocenters. The summed E-state index contributed by atoms with van der Waals surface area (Å²) in [5.74, 6) is -0.642. The predicted molar refractivity (Wildman–Crippen MR) is 153 cm³/mol. The minimum Gasteiger partial charge on any atom is -0.462 e. The van der Waals surface area contributed by atoms with Gasteiger partial charge in [-0.25, -0.2) is 4.79 Å². The molecule has 0 aliphatic carbocycles. The van der Waals surface area contributed by atoms with Gasteiger partial charge < -0.3 is 21.5 Å².